The molecule has 0 aliphatic carbocycles. The maximum Gasteiger partial charge on any atom is 0.0395 e. The monoisotopic (exact) mass is 297 g/mol. The predicted octanol–water partition coefficient (Wildman–Crippen LogP) is 4.14. The van der Waals surface area contributed by atoms with Crippen molar-refractivity contribution in [2.75, 3.05) is 11.5 Å². The molecule has 3 heteroatoms. The van der Waals surface area contributed by atoms with Crippen LogP contribution in [0.2, 0.25) is 0 Å². The second kappa shape index (κ2) is 6.84. The van der Waals surface area contributed by atoms with Gasteiger partial charge in [0.25, 0.3) is 0 Å². The van der Waals surface area contributed by atoms with Crippen LogP contribution in [0.3, 0.4) is 0 Å². The number of nitrogen functional groups attached to an aromatic ring is 2. The molecule has 0 saturated carbocycles. The van der Waals surface area contributed by atoms with Crippen molar-refractivity contribution in [2.45, 2.75) is 46.3 Å². The van der Waals surface area contributed by atoms with Crippen LogP contribution in [0.5, 0.6) is 0 Å². The van der Waals surface area contributed by atoms with Gasteiger partial charge in [0.2, 0.25) is 0 Å². The maximum atomic E-state index is 6.06. The van der Waals surface area contributed by atoms with Gasteiger partial charge in [0, 0.05) is 35.6 Å². The maximum absolute atomic E-state index is 6.06. The Morgan fingerprint density at radius 1 is 0.864 bits per heavy atom. The lowest BCUT2D eigenvalue weighted by Crippen LogP contribution is -2.36. The van der Waals surface area contributed by atoms with E-state index < -0.39 is 0 Å². The van der Waals surface area contributed by atoms with Crippen LogP contribution in [0, 0.1) is 0 Å². The van der Waals surface area contributed by atoms with Gasteiger partial charge in [0.05, 0.1) is 0 Å². The van der Waals surface area contributed by atoms with Gasteiger partial charge in [-0.05, 0) is 57.0 Å². The van der Waals surface area contributed by atoms with E-state index >= 15 is 0 Å². The van der Waals surface area contributed by atoms with Gasteiger partial charge in [-0.3, -0.25) is 4.90 Å². The van der Waals surface area contributed by atoms with Crippen LogP contribution in [0.25, 0.3) is 11.1 Å². The molecule has 4 N–H and O–H groups in total. The standard InChI is InChI=1S/C19H27N3/c1-13(2)22(14(3)4)12-15-5-7-16(8-6-15)18-11-17(20)9-10-19(18)21/h5-11,13-14H,12,20-21H2,1-4H3. The average Bonchev–Trinajstić information content (AvgIpc) is 2.47. The molecule has 0 bridgehead atoms. The van der Waals surface area contributed by atoms with E-state index in [1.54, 1.807) is 0 Å². The van der Waals surface area contributed by atoms with Crippen molar-refractivity contribution in [3.8, 4) is 11.1 Å². The molecule has 0 radical (unpaired) electrons. The van der Waals surface area contributed by atoms with Gasteiger partial charge >= 0.3 is 0 Å². The second-order valence-electron chi connectivity index (χ2n) is 6.40. The highest BCUT2D eigenvalue weighted by atomic mass is 15.2. The summed E-state index contributed by atoms with van der Waals surface area (Å²) in [6.45, 7) is 9.91. The Morgan fingerprint density at radius 3 is 2.00 bits per heavy atom. The zero-order valence-electron chi connectivity index (χ0n) is 14.0. The van der Waals surface area contributed by atoms with E-state index in [-0.39, 0.29) is 0 Å². The van der Waals surface area contributed by atoms with Crippen molar-refractivity contribution < 1.29 is 0 Å². The van der Waals surface area contributed by atoms with Crippen LogP contribution in [0.4, 0.5) is 11.4 Å². The molecule has 22 heavy (non-hydrogen) atoms. The Balaban J connectivity index is 2.22. The van der Waals surface area contributed by atoms with Gasteiger partial charge in [0.15, 0.2) is 0 Å². The molecule has 0 unspecified atom stereocenters. The molecular formula is C19H27N3. The first-order valence-corrected chi connectivity index (χ1v) is 7.88. The first-order valence-electron chi connectivity index (χ1n) is 7.88. The minimum absolute atomic E-state index is 0.532. The lowest BCUT2D eigenvalue weighted by molar-refractivity contribution is 0.166. The Morgan fingerprint density at radius 2 is 1.45 bits per heavy atom. The predicted molar refractivity (Wildman–Crippen MR) is 96.5 cm³/mol. The fraction of sp³-hybridized carbons (Fsp3) is 0.368. The molecule has 0 atom stereocenters. The van der Waals surface area contributed by atoms with E-state index in [0.29, 0.717) is 12.1 Å². The van der Waals surface area contributed by atoms with Gasteiger partial charge < -0.3 is 11.5 Å². The molecule has 2 rings (SSSR count). The van der Waals surface area contributed by atoms with Crippen LogP contribution in [0.15, 0.2) is 42.5 Å². The highest BCUT2D eigenvalue weighted by Crippen LogP contribution is 2.28. The summed E-state index contributed by atoms with van der Waals surface area (Å²) in [5, 5.41) is 0. The molecule has 2 aromatic rings. The Hall–Kier alpha value is -2.00. The number of anilines is 2. The normalized spacial score (nSPS) is 11.6. The van der Waals surface area contributed by atoms with Gasteiger partial charge in [-0.2, -0.15) is 0 Å². The number of nitrogens with two attached hydrogens (primary N) is 2. The summed E-state index contributed by atoms with van der Waals surface area (Å²) in [4.78, 5) is 2.48. The lowest BCUT2D eigenvalue weighted by atomic mass is 10.0. The van der Waals surface area contributed by atoms with Crippen molar-refractivity contribution in [3.63, 3.8) is 0 Å². The summed E-state index contributed by atoms with van der Waals surface area (Å²) < 4.78 is 0. The van der Waals surface area contributed by atoms with E-state index in [4.69, 9.17) is 11.5 Å². The molecule has 0 aromatic heterocycles. The zero-order chi connectivity index (χ0) is 16.3. The van der Waals surface area contributed by atoms with Crippen molar-refractivity contribution in [3.05, 3.63) is 48.0 Å². The van der Waals surface area contributed by atoms with E-state index in [2.05, 4.69) is 56.9 Å². The molecular weight excluding hydrogens is 270 g/mol. The smallest absolute Gasteiger partial charge is 0.0395 e. The van der Waals surface area contributed by atoms with Crippen LogP contribution in [0.1, 0.15) is 33.3 Å². The first-order chi connectivity index (χ1) is 10.4. The summed E-state index contributed by atoms with van der Waals surface area (Å²) in [5.74, 6) is 0. The summed E-state index contributed by atoms with van der Waals surface area (Å²) in [7, 11) is 0. The molecule has 0 saturated heterocycles. The third-order valence-corrected chi connectivity index (χ3v) is 4.03. The summed E-state index contributed by atoms with van der Waals surface area (Å²) in [6.07, 6.45) is 0. The van der Waals surface area contributed by atoms with E-state index in [9.17, 15) is 0 Å². The Bertz CT molecular complexity index is 607. The second-order valence-corrected chi connectivity index (χ2v) is 6.40. The number of benzene rings is 2. The van der Waals surface area contributed by atoms with Gasteiger partial charge in [-0.25, -0.2) is 0 Å². The van der Waals surface area contributed by atoms with E-state index in [1.807, 2.05) is 18.2 Å². The van der Waals surface area contributed by atoms with Crippen LogP contribution in [-0.4, -0.2) is 17.0 Å². The Kier molecular flexibility index (Phi) is 5.09. The quantitative estimate of drug-likeness (QED) is 0.816. The molecule has 0 spiro atoms. The third-order valence-electron chi connectivity index (χ3n) is 4.03. The number of hydrogen-bond donors (Lipinski definition) is 2. The molecule has 0 heterocycles. The highest BCUT2D eigenvalue weighted by molar-refractivity contribution is 5.79. The summed E-state index contributed by atoms with van der Waals surface area (Å²) in [6, 6.07) is 15.3. The largest absolute Gasteiger partial charge is 0.399 e. The first kappa shape index (κ1) is 16.4. The van der Waals surface area contributed by atoms with Crippen molar-refractivity contribution in [2.24, 2.45) is 0 Å². The molecule has 3 nitrogen and oxygen atoms in total. The minimum Gasteiger partial charge on any atom is -0.399 e. The molecule has 0 amide bonds. The molecule has 0 aliphatic heterocycles. The Labute approximate surface area is 133 Å². The van der Waals surface area contributed by atoms with Crippen molar-refractivity contribution in [1.82, 2.24) is 4.90 Å². The average molecular weight is 297 g/mol. The van der Waals surface area contributed by atoms with E-state index in [1.165, 1.54) is 5.56 Å². The van der Waals surface area contributed by atoms with E-state index in [0.717, 1.165) is 29.0 Å². The molecule has 2 aromatic carbocycles. The van der Waals surface area contributed by atoms with Crippen LogP contribution < -0.4 is 11.5 Å². The van der Waals surface area contributed by atoms with Crippen molar-refractivity contribution in [1.29, 1.82) is 0 Å². The van der Waals surface area contributed by atoms with Crippen LogP contribution >= 0.6 is 0 Å². The van der Waals surface area contributed by atoms with Gasteiger partial charge in [0.1, 0.15) is 0 Å². The zero-order valence-corrected chi connectivity index (χ0v) is 14.0. The highest BCUT2D eigenvalue weighted by Gasteiger charge is 2.13. The van der Waals surface area contributed by atoms with Crippen molar-refractivity contribution >= 4 is 11.4 Å². The number of hydrogen-bond acceptors (Lipinski definition) is 3. The minimum atomic E-state index is 0.532. The third kappa shape index (κ3) is 3.80. The van der Waals surface area contributed by atoms with Gasteiger partial charge in [-0.1, -0.05) is 24.3 Å². The number of nitrogens with zero attached hydrogens (tertiary/aromatic N) is 1. The topological polar surface area (TPSA) is 55.3 Å². The fourth-order valence-electron chi connectivity index (χ4n) is 2.79. The fourth-order valence-corrected chi connectivity index (χ4v) is 2.79. The van der Waals surface area contributed by atoms with Crippen LogP contribution in [-0.2, 0) is 6.54 Å². The molecule has 0 aliphatic rings. The lowest BCUT2D eigenvalue weighted by Gasteiger charge is -2.30. The molecule has 118 valence electrons. The SMILES string of the molecule is CC(C)N(Cc1ccc(-c2cc(N)ccc2N)cc1)C(C)C. The summed E-state index contributed by atoms with van der Waals surface area (Å²) >= 11 is 0. The number of rotatable bonds is 5. The van der Waals surface area contributed by atoms with Gasteiger partial charge in [-0.15, -0.1) is 0 Å². The molecule has 0 fully saturated rings. The summed E-state index contributed by atoms with van der Waals surface area (Å²) in [5.41, 5.74) is 16.8.